The van der Waals surface area contributed by atoms with Crippen LogP contribution in [0.25, 0.3) is 10.9 Å². The number of carbonyl (C=O) groups is 1. The molecule has 0 N–H and O–H groups in total. The third-order valence-electron chi connectivity index (χ3n) is 9.43. The maximum absolute atomic E-state index is 14.7. The lowest BCUT2D eigenvalue weighted by molar-refractivity contribution is -0.0950. The van der Waals surface area contributed by atoms with E-state index in [0.29, 0.717) is 62.7 Å². The molecule has 1 aromatic heterocycles. The first-order valence-electron chi connectivity index (χ1n) is 16.6. The zero-order chi connectivity index (χ0) is 35.5. The molecule has 0 amide bonds. The fourth-order valence-electron chi connectivity index (χ4n) is 6.76. The lowest BCUT2D eigenvalue weighted by atomic mass is 9.86. The third kappa shape index (κ3) is 8.23. The maximum atomic E-state index is 14.7. The highest BCUT2D eigenvalue weighted by Crippen LogP contribution is 2.38. The SMILES string of the molecule is COc1ccc2c(c1)c1c(n2C(=O)c2ccc(S(=O)(=O)N=CN(C)C)cc2)CCN(CCCOc2cc(F)cc(C3(OC)CCOCC3)c2)C1.Cl. The number of hydrogen-bond donors (Lipinski definition) is 0. The molecule has 0 bridgehead atoms. The maximum Gasteiger partial charge on any atom is 0.283 e. The van der Waals surface area contributed by atoms with Crippen LogP contribution in [0.2, 0.25) is 0 Å². The van der Waals surface area contributed by atoms with Crippen molar-refractivity contribution < 1.29 is 36.6 Å². The van der Waals surface area contributed by atoms with Crippen LogP contribution in [0.4, 0.5) is 4.39 Å². The van der Waals surface area contributed by atoms with Crippen LogP contribution in [0.15, 0.2) is 70.0 Å². The van der Waals surface area contributed by atoms with Gasteiger partial charge < -0.3 is 23.8 Å². The van der Waals surface area contributed by atoms with E-state index in [1.807, 2.05) is 24.3 Å². The number of rotatable bonds is 12. The van der Waals surface area contributed by atoms with E-state index in [2.05, 4.69) is 9.30 Å². The summed E-state index contributed by atoms with van der Waals surface area (Å²) in [5, 5.41) is 0.929. The lowest BCUT2D eigenvalue weighted by Crippen LogP contribution is -2.35. The molecule has 0 saturated carbocycles. The molecule has 1 saturated heterocycles. The monoisotopic (exact) mass is 742 g/mol. The Morgan fingerprint density at radius 2 is 1.78 bits per heavy atom. The van der Waals surface area contributed by atoms with E-state index in [4.69, 9.17) is 18.9 Å². The Morgan fingerprint density at radius 3 is 2.47 bits per heavy atom. The van der Waals surface area contributed by atoms with Crippen molar-refractivity contribution in [1.29, 1.82) is 0 Å². The predicted octanol–water partition coefficient (Wildman–Crippen LogP) is 5.66. The number of benzene rings is 3. The van der Waals surface area contributed by atoms with E-state index in [1.165, 1.54) is 47.6 Å². The molecular weight excluding hydrogens is 699 g/mol. The number of fused-ring (bicyclic) bond motifs is 3. The van der Waals surface area contributed by atoms with Crippen molar-refractivity contribution >= 4 is 45.6 Å². The molecule has 0 unspecified atom stereocenters. The van der Waals surface area contributed by atoms with Gasteiger partial charge in [0.2, 0.25) is 0 Å². The van der Waals surface area contributed by atoms with Gasteiger partial charge in [-0.3, -0.25) is 14.3 Å². The fraction of sp³-hybridized carbons (Fsp3) is 0.405. The van der Waals surface area contributed by atoms with Crippen molar-refractivity contribution in [2.24, 2.45) is 4.40 Å². The topological polar surface area (TPSA) is 112 Å². The van der Waals surface area contributed by atoms with Gasteiger partial charge in [-0.2, -0.15) is 8.42 Å². The molecule has 6 rings (SSSR count). The van der Waals surface area contributed by atoms with Crippen LogP contribution in [0, 0.1) is 5.82 Å². The largest absolute Gasteiger partial charge is 0.497 e. The van der Waals surface area contributed by atoms with E-state index < -0.39 is 15.6 Å². The van der Waals surface area contributed by atoms with Gasteiger partial charge in [0.15, 0.2) is 0 Å². The van der Waals surface area contributed by atoms with Crippen LogP contribution in [0.1, 0.15) is 46.4 Å². The number of sulfonamides is 1. The number of hydrogen-bond acceptors (Lipinski definition) is 8. The van der Waals surface area contributed by atoms with Crippen molar-refractivity contribution in [3.63, 3.8) is 0 Å². The third-order valence-corrected chi connectivity index (χ3v) is 10.7. The molecule has 1 fully saturated rings. The summed E-state index contributed by atoms with van der Waals surface area (Å²) in [7, 11) is 2.73. The quantitative estimate of drug-likeness (QED) is 0.103. The van der Waals surface area contributed by atoms with Gasteiger partial charge in [0.25, 0.3) is 15.9 Å². The minimum Gasteiger partial charge on any atom is -0.497 e. The fourth-order valence-corrected chi connectivity index (χ4v) is 7.67. The Kier molecular flexibility index (Phi) is 12.1. The van der Waals surface area contributed by atoms with E-state index in [0.717, 1.165) is 47.2 Å². The van der Waals surface area contributed by atoms with Crippen molar-refractivity contribution in [2.75, 3.05) is 61.2 Å². The van der Waals surface area contributed by atoms with Crippen LogP contribution in [-0.2, 0) is 38.1 Å². The number of ether oxygens (including phenoxy) is 4. The molecule has 2 aliphatic heterocycles. The second-order valence-electron chi connectivity index (χ2n) is 12.8. The second-order valence-corrected chi connectivity index (χ2v) is 14.5. The summed E-state index contributed by atoms with van der Waals surface area (Å²) < 4.78 is 68.2. The molecule has 11 nitrogen and oxygen atoms in total. The summed E-state index contributed by atoms with van der Waals surface area (Å²) in [5.74, 6) is 0.563. The number of carbonyl (C=O) groups excluding carboxylic acids is 1. The molecule has 0 spiro atoms. The van der Waals surface area contributed by atoms with Gasteiger partial charge in [-0.1, -0.05) is 0 Å². The first-order valence-corrected chi connectivity index (χ1v) is 18.1. The molecule has 3 heterocycles. The number of halogens is 2. The Bertz CT molecular complexity index is 1990. The summed E-state index contributed by atoms with van der Waals surface area (Å²) in [6, 6.07) is 16.3. The van der Waals surface area contributed by atoms with Crippen LogP contribution in [-0.4, -0.2) is 96.3 Å². The summed E-state index contributed by atoms with van der Waals surface area (Å²) >= 11 is 0. The van der Waals surface area contributed by atoms with Gasteiger partial charge >= 0.3 is 0 Å². The highest BCUT2D eigenvalue weighted by atomic mass is 35.5. The van der Waals surface area contributed by atoms with Crippen LogP contribution >= 0.6 is 12.4 Å². The highest BCUT2D eigenvalue weighted by Gasteiger charge is 2.35. The number of aromatic nitrogens is 1. The average molecular weight is 743 g/mol. The Morgan fingerprint density at radius 1 is 1.04 bits per heavy atom. The van der Waals surface area contributed by atoms with Gasteiger partial charge in [-0.05, 0) is 72.1 Å². The smallest absolute Gasteiger partial charge is 0.283 e. The van der Waals surface area contributed by atoms with Gasteiger partial charge in [0, 0.05) is 96.0 Å². The first-order chi connectivity index (χ1) is 24.0. The summed E-state index contributed by atoms with van der Waals surface area (Å²) in [4.78, 5) is 17.9. The standard InChI is InChI=1S/C37H43FN4O7S.ClH/c1-40(2)25-39-50(44,45)31-9-6-26(7-10-31)36(43)42-34-11-8-29(46-3)23-32(34)33-24-41(16-12-35(33)42)15-5-17-49-30-21-27(20-28(38)22-30)37(47-4)13-18-48-19-14-37;/h6-11,20-23,25H,5,12-19,24H2,1-4H3;1H. The van der Waals surface area contributed by atoms with Crippen LogP contribution < -0.4 is 9.47 Å². The predicted molar refractivity (Wildman–Crippen MR) is 196 cm³/mol. The minimum absolute atomic E-state index is 0. The van der Waals surface area contributed by atoms with Crippen LogP contribution in [0.3, 0.4) is 0 Å². The van der Waals surface area contributed by atoms with Crippen molar-refractivity contribution in [1.82, 2.24) is 14.4 Å². The van der Waals surface area contributed by atoms with Crippen molar-refractivity contribution in [2.45, 2.75) is 42.7 Å². The lowest BCUT2D eigenvalue weighted by Gasteiger charge is -2.36. The minimum atomic E-state index is -3.90. The molecule has 0 radical (unpaired) electrons. The van der Waals surface area contributed by atoms with Crippen molar-refractivity contribution in [3.05, 3.63) is 88.9 Å². The molecular formula is C37H44ClFN4O7S. The van der Waals surface area contributed by atoms with E-state index in [9.17, 15) is 17.6 Å². The molecule has 3 aromatic carbocycles. The van der Waals surface area contributed by atoms with Gasteiger partial charge in [-0.15, -0.1) is 16.8 Å². The van der Waals surface area contributed by atoms with E-state index >= 15 is 0 Å². The van der Waals surface area contributed by atoms with Crippen molar-refractivity contribution in [3.8, 4) is 11.5 Å². The Hall–Kier alpha value is -4.01. The molecule has 0 atom stereocenters. The highest BCUT2D eigenvalue weighted by molar-refractivity contribution is 7.90. The van der Waals surface area contributed by atoms with Gasteiger partial charge in [-0.25, -0.2) is 4.39 Å². The van der Waals surface area contributed by atoms with E-state index in [1.54, 1.807) is 32.9 Å². The molecule has 51 heavy (non-hydrogen) atoms. The Balaban J connectivity index is 0.00000504. The summed E-state index contributed by atoms with van der Waals surface area (Å²) in [5.41, 5.74) is 3.28. The second kappa shape index (κ2) is 16.1. The molecule has 14 heteroatoms. The van der Waals surface area contributed by atoms with Gasteiger partial charge in [0.05, 0.1) is 29.7 Å². The zero-order valence-corrected chi connectivity index (χ0v) is 30.9. The molecule has 2 aliphatic rings. The first kappa shape index (κ1) is 38.2. The van der Waals surface area contributed by atoms with Crippen LogP contribution in [0.5, 0.6) is 11.5 Å². The summed E-state index contributed by atoms with van der Waals surface area (Å²) in [6.07, 6.45) is 3.89. The zero-order valence-electron chi connectivity index (χ0n) is 29.3. The van der Waals surface area contributed by atoms with E-state index in [-0.39, 0.29) is 29.0 Å². The molecule has 4 aromatic rings. The number of nitrogens with zero attached hydrogens (tertiary/aromatic N) is 4. The Labute approximate surface area is 304 Å². The average Bonchev–Trinajstić information content (AvgIpc) is 3.45. The molecule has 0 aliphatic carbocycles. The normalized spacial score (nSPS) is 16.1. The van der Waals surface area contributed by atoms with Gasteiger partial charge in [0.1, 0.15) is 23.7 Å². The summed E-state index contributed by atoms with van der Waals surface area (Å²) in [6.45, 7) is 3.64. The number of methoxy groups -OCH3 is 2. The molecule has 274 valence electrons.